The van der Waals surface area contributed by atoms with Gasteiger partial charge in [0.25, 0.3) is 5.56 Å². The molecule has 0 aromatic carbocycles. The van der Waals surface area contributed by atoms with Crippen LogP contribution >= 0.6 is 38.9 Å². The summed E-state index contributed by atoms with van der Waals surface area (Å²) in [4.78, 5) is 13.2. The van der Waals surface area contributed by atoms with Crippen LogP contribution in [0.15, 0.2) is 26.9 Å². The van der Waals surface area contributed by atoms with E-state index in [4.69, 9.17) is 11.6 Å². The number of thiophene rings is 1. The minimum atomic E-state index is -0.238. The summed E-state index contributed by atoms with van der Waals surface area (Å²) >= 11 is 11.2. The molecule has 0 aliphatic rings. The van der Waals surface area contributed by atoms with E-state index in [9.17, 15) is 4.79 Å². The molecule has 0 fully saturated rings. The van der Waals surface area contributed by atoms with Crippen molar-refractivity contribution in [3.05, 3.63) is 42.4 Å². The molecule has 0 atom stereocenters. The summed E-state index contributed by atoms with van der Waals surface area (Å²) in [5, 5.41) is 7.49. The standard InChI is InChI=1S/C13H15BrClN3OS/c1-2-3-6-18-13(19)12(15)10(8-17-18)16-7-9-4-5-11(14)20-9/h4-5,8,16H,2-3,6-7H2,1H3. The predicted molar refractivity (Wildman–Crippen MR) is 87.8 cm³/mol. The third-order valence-corrected chi connectivity index (χ3v) is 4.78. The fourth-order valence-electron chi connectivity index (χ4n) is 1.68. The molecule has 0 aliphatic carbocycles. The summed E-state index contributed by atoms with van der Waals surface area (Å²) in [7, 11) is 0. The number of nitrogens with one attached hydrogen (secondary N) is 1. The number of aryl methyl sites for hydroxylation is 1. The number of unbranched alkanes of at least 4 members (excludes halogenated alkanes) is 1. The number of halogens is 2. The minimum Gasteiger partial charge on any atom is -0.377 e. The first-order valence-corrected chi connectivity index (χ1v) is 8.34. The van der Waals surface area contributed by atoms with Crippen LogP contribution in [0, 0.1) is 0 Å². The zero-order valence-corrected chi connectivity index (χ0v) is 14.2. The number of nitrogens with zero attached hydrogens (tertiary/aromatic N) is 2. The molecule has 0 bridgehead atoms. The Morgan fingerprint density at radius 3 is 2.95 bits per heavy atom. The Morgan fingerprint density at radius 1 is 1.50 bits per heavy atom. The molecule has 2 rings (SSSR count). The van der Waals surface area contributed by atoms with Gasteiger partial charge in [0.1, 0.15) is 5.02 Å². The van der Waals surface area contributed by atoms with E-state index < -0.39 is 0 Å². The second kappa shape index (κ2) is 7.24. The van der Waals surface area contributed by atoms with Crippen LogP contribution in [0.1, 0.15) is 24.6 Å². The summed E-state index contributed by atoms with van der Waals surface area (Å²) < 4.78 is 2.49. The maximum absolute atomic E-state index is 12.0. The normalized spacial score (nSPS) is 10.8. The maximum atomic E-state index is 12.0. The zero-order valence-electron chi connectivity index (χ0n) is 11.0. The van der Waals surface area contributed by atoms with E-state index in [0.29, 0.717) is 18.8 Å². The summed E-state index contributed by atoms with van der Waals surface area (Å²) in [6.07, 6.45) is 3.54. The molecule has 0 amide bonds. The minimum absolute atomic E-state index is 0.201. The van der Waals surface area contributed by atoms with E-state index >= 15 is 0 Å². The van der Waals surface area contributed by atoms with Gasteiger partial charge in [-0.25, -0.2) is 4.68 Å². The highest BCUT2D eigenvalue weighted by Gasteiger charge is 2.09. The summed E-state index contributed by atoms with van der Waals surface area (Å²) in [5.74, 6) is 0. The van der Waals surface area contributed by atoms with Crippen molar-refractivity contribution < 1.29 is 0 Å². The van der Waals surface area contributed by atoms with Crippen LogP contribution in [0.25, 0.3) is 0 Å². The highest BCUT2D eigenvalue weighted by atomic mass is 79.9. The molecule has 7 heteroatoms. The van der Waals surface area contributed by atoms with Crippen LogP contribution in [-0.2, 0) is 13.1 Å². The van der Waals surface area contributed by atoms with Gasteiger partial charge in [-0.15, -0.1) is 11.3 Å². The largest absolute Gasteiger partial charge is 0.377 e. The lowest BCUT2D eigenvalue weighted by Crippen LogP contribution is -2.24. The number of hydrogen-bond donors (Lipinski definition) is 1. The van der Waals surface area contributed by atoms with Crippen LogP contribution in [0.2, 0.25) is 5.02 Å². The van der Waals surface area contributed by atoms with Crippen LogP contribution in [0.3, 0.4) is 0 Å². The van der Waals surface area contributed by atoms with Crippen molar-refractivity contribution in [2.24, 2.45) is 0 Å². The quantitative estimate of drug-likeness (QED) is 0.824. The summed E-state index contributed by atoms with van der Waals surface area (Å²) in [6.45, 7) is 3.30. The molecule has 0 radical (unpaired) electrons. The Hall–Kier alpha value is -0.850. The topological polar surface area (TPSA) is 46.9 Å². The average molecular weight is 377 g/mol. The molecule has 0 spiro atoms. The van der Waals surface area contributed by atoms with E-state index in [1.165, 1.54) is 4.68 Å². The van der Waals surface area contributed by atoms with E-state index in [1.54, 1.807) is 17.5 Å². The van der Waals surface area contributed by atoms with Crippen molar-refractivity contribution in [1.82, 2.24) is 9.78 Å². The fraction of sp³-hybridized carbons (Fsp3) is 0.385. The third-order valence-electron chi connectivity index (χ3n) is 2.79. The molecule has 0 saturated carbocycles. The van der Waals surface area contributed by atoms with Gasteiger partial charge in [-0.3, -0.25) is 4.79 Å². The molecule has 0 saturated heterocycles. The van der Waals surface area contributed by atoms with E-state index in [-0.39, 0.29) is 10.6 Å². The maximum Gasteiger partial charge on any atom is 0.287 e. The Morgan fingerprint density at radius 2 is 2.30 bits per heavy atom. The zero-order chi connectivity index (χ0) is 14.5. The van der Waals surface area contributed by atoms with Gasteiger partial charge in [0, 0.05) is 18.0 Å². The molecule has 1 N–H and O–H groups in total. The van der Waals surface area contributed by atoms with Crippen LogP contribution in [-0.4, -0.2) is 9.78 Å². The van der Waals surface area contributed by atoms with Crippen LogP contribution < -0.4 is 10.9 Å². The number of aromatic nitrogens is 2. The van der Waals surface area contributed by atoms with Crippen molar-refractivity contribution >= 4 is 44.6 Å². The number of anilines is 1. The van der Waals surface area contributed by atoms with Gasteiger partial charge < -0.3 is 5.32 Å². The van der Waals surface area contributed by atoms with Gasteiger partial charge in [0.2, 0.25) is 0 Å². The lowest BCUT2D eigenvalue weighted by atomic mass is 10.3. The Bertz CT molecular complexity index is 641. The molecule has 4 nitrogen and oxygen atoms in total. The Balaban J connectivity index is 2.09. The second-order valence-electron chi connectivity index (χ2n) is 4.31. The van der Waals surface area contributed by atoms with Gasteiger partial charge in [0.05, 0.1) is 15.7 Å². The molecular weight excluding hydrogens is 362 g/mol. The molecule has 0 aliphatic heterocycles. The monoisotopic (exact) mass is 375 g/mol. The second-order valence-corrected chi connectivity index (χ2v) is 7.24. The van der Waals surface area contributed by atoms with Gasteiger partial charge >= 0.3 is 0 Å². The molecule has 2 heterocycles. The van der Waals surface area contributed by atoms with E-state index in [1.807, 2.05) is 12.1 Å². The van der Waals surface area contributed by atoms with Crippen molar-refractivity contribution in [1.29, 1.82) is 0 Å². The van der Waals surface area contributed by atoms with Crippen LogP contribution in [0.5, 0.6) is 0 Å². The first kappa shape index (κ1) is 15.5. The molecule has 108 valence electrons. The highest BCUT2D eigenvalue weighted by Crippen LogP contribution is 2.23. The lowest BCUT2D eigenvalue weighted by molar-refractivity contribution is 0.543. The summed E-state index contributed by atoms with van der Waals surface area (Å²) in [6, 6.07) is 4.01. The van der Waals surface area contributed by atoms with Crippen LogP contribution in [0.4, 0.5) is 5.69 Å². The average Bonchev–Trinajstić information content (AvgIpc) is 2.85. The van der Waals surface area contributed by atoms with Crippen molar-refractivity contribution in [3.8, 4) is 0 Å². The Kier molecular flexibility index (Phi) is 5.63. The third kappa shape index (κ3) is 3.84. The molecule has 0 unspecified atom stereocenters. The van der Waals surface area contributed by atoms with Gasteiger partial charge in [-0.1, -0.05) is 24.9 Å². The first-order valence-electron chi connectivity index (χ1n) is 6.35. The number of rotatable bonds is 6. The van der Waals surface area contributed by atoms with Gasteiger partial charge in [0.15, 0.2) is 0 Å². The molecule has 2 aromatic rings. The van der Waals surface area contributed by atoms with Crippen molar-refractivity contribution in [2.45, 2.75) is 32.9 Å². The lowest BCUT2D eigenvalue weighted by Gasteiger charge is -2.09. The highest BCUT2D eigenvalue weighted by molar-refractivity contribution is 9.11. The van der Waals surface area contributed by atoms with Gasteiger partial charge in [-0.05, 0) is 34.5 Å². The number of hydrogen-bond acceptors (Lipinski definition) is 4. The van der Waals surface area contributed by atoms with E-state index in [0.717, 1.165) is 21.5 Å². The molecular formula is C13H15BrClN3OS. The summed E-state index contributed by atoms with van der Waals surface area (Å²) in [5.41, 5.74) is 0.339. The van der Waals surface area contributed by atoms with E-state index in [2.05, 4.69) is 33.3 Å². The van der Waals surface area contributed by atoms with Crippen molar-refractivity contribution in [2.75, 3.05) is 5.32 Å². The molecule has 20 heavy (non-hydrogen) atoms. The Labute approximate surface area is 134 Å². The SMILES string of the molecule is CCCCn1ncc(NCc2ccc(Br)s2)c(Cl)c1=O. The first-order chi connectivity index (χ1) is 9.61. The predicted octanol–water partition coefficient (Wildman–Crippen LogP) is 4.13. The van der Waals surface area contributed by atoms with Gasteiger partial charge in [-0.2, -0.15) is 5.10 Å². The fourth-order valence-corrected chi connectivity index (χ4v) is 3.32. The molecule has 2 aromatic heterocycles. The van der Waals surface area contributed by atoms with Crippen molar-refractivity contribution in [3.63, 3.8) is 0 Å². The smallest absolute Gasteiger partial charge is 0.287 e.